The predicted molar refractivity (Wildman–Crippen MR) is 71.8 cm³/mol. The van der Waals surface area contributed by atoms with E-state index >= 15 is 0 Å². The van der Waals surface area contributed by atoms with Crippen LogP contribution in [0.5, 0.6) is 0 Å². The summed E-state index contributed by atoms with van der Waals surface area (Å²) in [4.78, 5) is 0. The molecule has 1 rings (SSSR count). The third kappa shape index (κ3) is 4.09. The molecule has 1 aromatic rings. The molecule has 2 nitrogen and oxygen atoms in total. The van der Waals surface area contributed by atoms with Crippen LogP contribution < -0.4 is 5.32 Å². The summed E-state index contributed by atoms with van der Waals surface area (Å²) >= 11 is 2.30. The number of halogens is 1. The fourth-order valence-electron chi connectivity index (χ4n) is 1.21. The largest absolute Gasteiger partial charge is 0.394 e. The Kier molecular flexibility index (Phi) is 5.02. The monoisotopic (exact) mass is 319 g/mol. The smallest absolute Gasteiger partial charge is 0.0610 e. The average molecular weight is 319 g/mol. The van der Waals surface area contributed by atoms with Gasteiger partial charge in [-0.05, 0) is 53.6 Å². The van der Waals surface area contributed by atoms with Crippen LogP contribution in [0, 0.1) is 3.57 Å². The lowest BCUT2D eigenvalue weighted by atomic mass is 10.00. The highest BCUT2D eigenvalue weighted by Crippen LogP contribution is 2.11. The van der Waals surface area contributed by atoms with E-state index in [9.17, 15) is 5.11 Å². The van der Waals surface area contributed by atoms with Gasteiger partial charge >= 0.3 is 0 Å². The van der Waals surface area contributed by atoms with E-state index in [-0.39, 0.29) is 12.1 Å². The Morgan fingerprint density at radius 2 is 1.93 bits per heavy atom. The van der Waals surface area contributed by atoms with Crippen molar-refractivity contribution in [2.75, 3.05) is 6.61 Å². The molecule has 0 amide bonds. The Morgan fingerprint density at radius 3 is 2.40 bits per heavy atom. The molecule has 15 heavy (non-hydrogen) atoms. The first kappa shape index (κ1) is 12.9. The van der Waals surface area contributed by atoms with E-state index < -0.39 is 0 Å². The zero-order chi connectivity index (χ0) is 11.3. The van der Waals surface area contributed by atoms with E-state index in [1.807, 2.05) is 6.92 Å². The van der Waals surface area contributed by atoms with Gasteiger partial charge in [-0.25, -0.2) is 0 Å². The molecule has 0 aromatic heterocycles. The molecular formula is C12H18INO. The molecule has 0 bridgehead atoms. The van der Waals surface area contributed by atoms with E-state index in [2.05, 4.69) is 59.1 Å². The summed E-state index contributed by atoms with van der Waals surface area (Å²) in [5, 5.41) is 12.6. The maximum atomic E-state index is 9.24. The Hall–Kier alpha value is -0.130. The number of nitrogens with one attached hydrogen (secondary N) is 1. The molecule has 0 spiro atoms. The van der Waals surface area contributed by atoms with Crippen molar-refractivity contribution in [1.82, 2.24) is 5.32 Å². The van der Waals surface area contributed by atoms with E-state index in [4.69, 9.17) is 0 Å². The van der Waals surface area contributed by atoms with Crippen molar-refractivity contribution >= 4 is 22.6 Å². The number of rotatable bonds is 5. The molecule has 0 aliphatic rings. The normalized spacial score (nSPS) is 14.9. The van der Waals surface area contributed by atoms with Crippen LogP contribution in [-0.4, -0.2) is 17.3 Å². The average Bonchev–Trinajstić information content (AvgIpc) is 2.28. The van der Waals surface area contributed by atoms with Crippen molar-refractivity contribution in [2.24, 2.45) is 0 Å². The Balaban J connectivity index is 2.53. The second-order valence-corrected chi connectivity index (χ2v) is 5.30. The molecule has 1 aromatic carbocycles. The van der Waals surface area contributed by atoms with Crippen molar-refractivity contribution in [3.05, 3.63) is 33.4 Å². The zero-order valence-electron chi connectivity index (χ0n) is 9.26. The lowest BCUT2D eigenvalue weighted by Gasteiger charge is -2.27. The minimum absolute atomic E-state index is 0.164. The van der Waals surface area contributed by atoms with E-state index in [0.29, 0.717) is 0 Å². The highest BCUT2D eigenvalue weighted by molar-refractivity contribution is 14.1. The van der Waals surface area contributed by atoms with E-state index in [1.165, 1.54) is 9.13 Å². The molecule has 0 saturated carbocycles. The number of hydrogen-bond acceptors (Lipinski definition) is 2. The van der Waals surface area contributed by atoms with Crippen LogP contribution in [0.3, 0.4) is 0 Å². The number of aliphatic hydroxyl groups excluding tert-OH is 1. The number of aliphatic hydroxyl groups is 1. The minimum Gasteiger partial charge on any atom is -0.394 e. The number of benzene rings is 1. The van der Waals surface area contributed by atoms with E-state index in [0.717, 1.165) is 13.0 Å². The van der Waals surface area contributed by atoms with Crippen molar-refractivity contribution in [3.63, 3.8) is 0 Å². The Morgan fingerprint density at radius 1 is 1.33 bits per heavy atom. The SMILES string of the molecule is CCC(C)(CO)NCc1ccc(I)cc1. The lowest BCUT2D eigenvalue weighted by molar-refractivity contribution is 0.169. The molecule has 1 unspecified atom stereocenters. The van der Waals surface area contributed by atoms with Gasteiger partial charge in [0, 0.05) is 15.7 Å². The fraction of sp³-hybridized carbons (Fsp3) is 0.500. The Labute approximate surface area is 105 Å². The van der Waals surface area contributed by atoms with Gasteiger partial charge in [-0.15, -0.1) is 0 Å². The molecule has 0 aliphatic heterocycles. The second-order valence-electron chi connectivity index (χ2n) is 4.05. The minimum atomic E-state index is -0.164. The first-order chi connectivity index (χ1) is 7.09. The van der Waals surface area contributed by atoms with Crippen LogP contribution in [0.4, 0.5) is 0 Å². The van der Waals surface area contributed by atoms with Gasteiger partial charge in [0.05, 0.1) is 6.61 Å². The highest BCUT2D eigenvalue weighted by atomic mass is 127. The predicted octanol–water partition coefficient (Wildman–Crippen LogP) is 2.54. The van der Waals surface area contributed by atoms with Crippen LogP contribution in [0.2, 0.25) is 0 Å². The third-order valence-electron chi connectivity index (χ3n) is 2.76. The number of hydrogen-bond donors (Lipinski definition) is 2. The summed E-state index contributed by atoms with van der Waals surface area (Å²) in [6.07, 6.45) is 0.924. The summed E-state index contributed by atoms with van der Waals surface area (Å²) in [6, 6.07) is 8.42. The van der Waals surface area contributed by atoms with Crippen molar-refractivity contribution in [2.45, 2.75) is 32.4 Å². The summed E-state index contributed by atoms with van der Waals surface area (Å²) in [5.74, 6) is 0. The summed E-state index contributed by atoms with van der Waals surface area (Å²) in [5.41, 5.74) is 1.09. The summed E-state index contributed by atoms with van der Waals surface area (Å²) < 4.78 is 1.25. The topological polar surface area (TPSA) is 32.3 Å². The standard InChI is InChI=1S/C12H18INO/c1-3-12(2,9-15)14-8-10-4-6-11(13)7-5-10/h4-7,14-15H,3,8-9H2,1-2H3. The third-order valence-corrected chi connectivity index (χ3v) is 3.48. The fourth-order valence-corrected chi connectivity index (χ4v) is 1.57. The van der Waals surface area contributed by atoms with Crippen molar-refractivity contribution in [3.8, 4) is 0 Å². The molecule has 0 fully saturated rings. The van der Waals surface area contributed by atoms with Gasteiger partial charge in [-0.1, -0.05) is 19.1 Å². The highest BCUT2D eigenvalue weighted by Gasteiger charge is 2.19. The summed E-state index contributed by atoms with van der Waals surface area (Å²) in [6.45, 7) is 5.10. The van der Waals surface area contributed by atoms with Crippen LogP contribution in [0.15, 0.2) is 24.3 Å². The lowest BCUT2D eigenvalue weighted by Crippen LogP contribution is -2.44. The first-order valence-electron chi connectivity index (χ1n) is 5.20. The van der Waals surface area contributed by atoms with Gasteiger partial charge in [0.25, 0.3) is 0 Å². The van der Waals surface area contributed by atoms with Crippen LogP contribution in [0.25, 0.3) is 0 Å². The second kappa shape index (κ2) is 5.82. The molecule has 84 valence electrons. The first-order valence-corrected chi connectivity index (χ1v) is 6.28. The van der Waals surface area contributed by atoms with Crippen molar-refractivity contribution in [1.29, 1.82) is 0 Å². The van der Waals surface area contributed by atoms with Crippen LogP contribution in [0.1, 0.15) is 25.8 Å². The van der Waals surface area contributed by atoms with Gasteiger partial charge in [0.1, 0.15) is 0 Å². The van der Waals surface area contributed by atoms with Gasteiger partial charge in [0.15, 0.2) is 0 Å². The van der Waals surface area contributed by atoms with Crippen LogP contribution >= 0.6 is 22.6 Å². The molecule has 0 radical (unpaired) electrons. The maximum absolute atomic E-state index is 9.24. The van der Waals surface area contributed by atoms with Gasteiger partial charge < -0.3 is 10.4 Å². The Bertz CT molecular complexity index is 293. The molecule has 0 heterocycles. The molecule has 1 atom stereocenters. The molecule has 2 N–H and O–H groups in total. The molecular weight excluding hydrogens is 301 g/mol. The van der Waals surface area contributed by atoms with Crippen molar-refractivity contribution < 1.29 is 5.11 Å². The van der Waals surface area contributed by atoms with Crippen LogP contribution in [-0.2, 0) is 6.54 Å². The van der Waals surface area contributed by atoms with E-state index in [1.54, 1.807) is 0 Å². The van der Waals surface area contributed by atoms with Gasteiger partial charge in [-0.3, -0.25) is 0 Å². The summed E-state index contributed by atoms with van der Waals surface area (Å²) in [7, 11) is 0. The van der Waals surface area contributed by atoms with Gasteiger partial charge in [-0.2, -0.15) is 0 Å². The zero-order valence-corrected chi connectivity index (χ0v) is 11.4. The molecule has 0 saturated heterocycles. The quantitative estimate of drug-likeness (QED) is 0.818. The molecule has 3 heteroatoms. The molecule has 0 aliphatic carbocycles. The van der Waals surface area contributed by atoms with Gasteiger partial charge in [0.2, 0.25) is 0 Å². The maximum Gasteiger partial charge on any atom is 0.0610 e.